The van der Waals surface area contributed by atoms with Crippen LogP contribution >= 0.6 is 15.9 Å². The summed E-state index contributed by atoms with van der Waals surface area (Å²) in [5.74, 6) is 0. The fourth-order valence-corrected chi connectivity index (χ4v) is 9.12. The lowest BCUT2D eigenvalue weighted by Gasteiger charge is -2.32. The highest BCUT2D eigenvalue weighted by Crippen LogP contribution is 2.22. The van der Waals surface area contributed by atoms with Crippen LogP contribution in [0.15, 0.2) is 119 Å². The molecule has 0 radical (unpaired) electrons. The Balaban J connectivity index is 2.12. The van der Waals surface area contributed by atoms with Crippen molar-refractivity contribution in [1.29, 1.82) is 0 Å². The summed E-state index contributed by atoms with van der Waals surface area (Å²) in [6.45, 7) is 0. The van der Waals surface area contributed by atoms with Crippen molar-refractivity contribution in [3.8, 4) is 0 Å². The van der Waals surface area contributed by atoms with E-state index in [4.69, 9.17) is 0 Å². The van der Waals surface area contributed by atoms with Crippen LogP contribution in [0.5, 0.6) is 0 Å². The van der Waals surface area contributed by atoms with E-state index in [0.717, 1.165) is 4.47 Å². The highest BCUT2D eigenvalue weighted by atomic mass is 79.9. The molecule has 0 fully saturated rings. The summed E-state index contributed by atoms with van der Waals surface area (Å²) in [6.07, 6.45) is 11.7. The first-order valence-electron chi connectivity index (χ1n) is 8.65. The van der Waals surface area contributed by atoms with E-state index < -0.39 is 8.07 Å². The second kappa shape index (κ2) is 7.39. The second-order valence-corrected chi connectivity index (χ2v) is 11.0. The average molecular weight is 414 g/mol. The van der Waals surface area contributed by atoms with Gasteiger partial charge in [0, 0.05) is 22.7 Å². The molecule has 0 atom stereocenters. The minimum absolute atomic E-state index is 1.11. The van der Waals surface area contributed by atoms with E-state index in [1.807, 2.05) is 12.2 Å². The van der Waals surface area contributed by atoms with Gasteiger partial charge in [-0.2, -0.15) is 0 Å². The van der Waals surface area contributed by atoms with E-state index in [9.17, 15) is 0 Å². The van der Waals surface area contributed by atoms with Crippen molar-refractivity contribution in [2.45, 2.75) is 0 Å². The van der Waals surface area contributed by atoms with Crippen molar-refractivity contribution in [2.75, 3.05) is 0 Å². The fourth-order valence-electron chi connectivity index (χ4n) is 3.73. The summed E-state index contributed by atoms with van der Waals surface area (Å²) in [5.41, 5.74) is 0. The van der Waals surface area contributed by atoms with Crippen LogP contribution in [0.2, 0.25) is 0 Å². The van der Waals surface area contributed by atoms with E-state index in [1.54, 1.807) is 0 Å². The van der Waals surface area contributed by atoms with Gasteiger partial charge in [0.05, 0.1) is 5.20 Å². The normalized spacial score (nSPS) is 13.2. The molecule has 1 aliphatic carbocycles. The van der Waals surface area contributed by atoms with E-state index in [0.29, 0.717) is 0 Å². The lowest BCUT2D eigenvalue weighted by Crippen LogP contribution is -2.68. The first-order chi connectivity index (χ1) is 12.8. The van der Waals surface area contributed by atoms with E-state index in [2.05, 4.69) is 119 Å². The van der Waals surface area contributed by atoms with E-state index in [1.165, 1.54) is 20.8 Å². The Morgan fingerprint density at radius 2 is 1.31 bits per heavy atom. The highest BCUT2D eigenvalue weighted by molar-refractivity contribution is 9.10. The summed E-state index contributed by atoms with van der Waals surface area (Å²) in [5, 5.41) is 5.51. The van der Waals surface area contributed by atoms with Crippen LogP contribution in [0.3, 0.4) is 0 Å². The minimum Gasteiger partial charge on any atom is -0.0623 e. The second-order valence-electron chi connectivity index (χ2n) is 6.28. The number of benzene rings is 3. The predicted molar refractivity (Wildman–Crippen MR) is 117 cm³/mol. The van der Waals surface area contributed by atoms with E-state index >= 15 is 0 Å². The zero-order valence-corrected chi connectivity index (χ0v) is 16.9. The van der Waals surface area contributed by atoms with Crippen molar-refractivity contribution >= 4 is 39.6 Å². The first kappa shape index (κ1) is 16.9. The third-order valence-corrected chi connectivity index (χ3v) is 10.1. The SMILES string of the molecule is Brc1cccc([Si](C2=CC=[C+]C=C2)(c2ccccc2)c2ccccc2)c1. The summed E-state index contributed by atoms with van der Waals surface area (Å²) in [7, 11) is -2.38. The minimum atomic E-state index is -2.38. The molecule has 0 bridgehead atoms. The Bertz CT molecular complexity index is 945. The Hall–Kier alpha value is -2.51. The molecule has 0 unspecified atom stereocenters. The topological polar surface area (TPSA) is 0 Å². The van der Waals surface area contributed by atoms with Gasteiger partial charge in [0.2, 0.25) is 8.07 Å². The molecule has 3 aromatic rings. The summed E-state index contributed by atoms with van der Waals surface area (Å²) in [6, 6.07) is 30.7. The van der Waals surface area contributed by atoms with Crippen LogP contribution in [0.1, 0.15) is 0 Å². The third-order valence-electron chi connectivity index (χ3n) is 4.82. The molecule has 26 heavy (non-hydrogen) atoms. The van der Waals surface area contributed by atoms with Gasteiger partial charge in [0.15, 0.2) is 0 Å². The van der Waals surface area contributed by atoms with Crippen LogP contribution in [-0.4, -0.2) is 8.07 Å². The van der Waals surface area contributed by atoms with Crippen molar-refractivity contribution in [2.24, 2.45) is 0 Å². The maximum Gasteiger partial charge on any atom is 0.212 e. The van der Waals surface area contributed by atoms with Crippen LogP contribution in [0, 0.1) is 6.08 Å². The molecule has 0 aromatic heterocycles. The molecular formula is C24H18BrSi+. The van der Waals surface area contributed by atoms with Gasteiger partial charge in [-0.15, -0.1) is 0 Å². The molecule has 0 amide bonds. The maximum atomic E-state index is 3.69. The summed E-state index contributed by atoms with van der Waals surface area (Å²) in [4.78, 5) is 0. The van der Waals surface area contributed by atoms with Gasteiger partial charge < -0.3 is 0 Å². The van der Waals surface area contributed by atoms with Crippen molar-refractivity contribution in [1.82, 2.24) is 0 Å². The molecule has 0 nitrogen and oxygen atoms in total. The molecule has 0 spiro atoms. The first-order valence-corrected chi connectivity index (χ1v) is 11.4. The van der Waals surface area contributed by atoms with Gasteiger partial charge in [-0.1, -0.05) is 88.7 Å². The Morgan fingerprint density at radius 1 is 0.692 bits per heavy atom. The van der Waals surface area contributed by atoms with Crippen molar-refractivity contribution < 1.29 is 0 Å². The summed E-state index contributed by atoms with van der Waals surface area (Å²) >= 11 is 3.69. The molecule has 1 aliphatic rings. The Kier molecular flexibility index (Phi) is 4.81. The molecule has 0 heterocycles. The van der Waals surface area contributed by atoms with Gasteiger partial charge >= 0.3 is 0 Å². The summed E-state index contributed by atoms with van der Waals surface area (Å²) < 4.78 is 1.11. The number of hydrogen-bond acceptors (Lipinski definition) is 0. The van der Waals surface area contributed by atoms with Gasteiger partial charge in [-0.3, -0.25) is 0 Å². The molecule has 0 saturated heterocycles. The van der Waals surface area contributed by atoms with Crippen LogP contribution < -0.4 is 15.6 Å². The van der Waals surface area contributed by atoms with Gasteiger partial charge in [-0.05, 0) is 27.7 Å². The quantitative estimate of drug-likeness (QED) is 0.339. The zero-order chi connectivity index (χ0) is 17.8. The molecule has 0 saturated carbocycles. The largest absolute Gasteiger partial charge is 0.212 e. The van der Waals surface area contributed by atoms with Crippen LogP contribution in [0.25, 0.3) is 0 Å². The molecule has 124 valence electrons. The highest BCUT2D eigenvalue weighted by Gasteiger charge is 2.45. The monoisotopic (exact) mass is 413 g/mol. The molecule has 0 N–H and O–H groups in total. The lowest BCUT2D eigenvalue weighted by atomic mass is 10.3. The molecular weight excluding hydrogens is 396 g/mol. The number of halogens is 1. The van der Waals surface area contributed by atoms with Crippen LogP contribution in [0.4, 0.5) is 0 Å². The molecule has 0 aliphatic heterocycles. The van der Waals surface area contributed by atoms with Crippen molar-refractivity contribution in [3.05, 3.63) is 125 Å². The average Bonchev–Trinajstić information content (AvgIpc) is 2.71. The number of hydrogen-bond donors (Lipinski definition) is 0. The van der Waals surface area contributed by atoms with Gasteiger partial charge in [0.25, 0.3) is 0 Å². The Morgan fingerprint density at radius 3 is 1.85 bits per heavy atom. The maximum absolute atomic E-state index is 3.69. The smallest absolute Gasteiger partial charge is 0.0623 e. The Labute approximate surface area is 164 Å². The van der Waals surface area contributed by atoms with E-state index in [-0.39, 0.29) is 0 Å². The number of rotatable bonds is 4. The van der Waals surface area contributed by atoms with Crippen LogP contribution in [-0.2, 0) is 0 Å². The standard InChI is InChI=1S/C24H18BrSi/c25-20-11-10-18-24(19-20)26(21-12-4-1-5-13-21,22-14-6-2-7-15-22)23-16-8-3-9-17-23/h1-2,4-19H/q+1. The molecule has 4 rings (SSSR count). The number of allylic oxidation sites excluding steroid dienone is 6. The zero-order valence-electron chi connectivity index (χ0n) is 14.3. The lowest BCUT2D eigenvalue weighted by molar-refractivity contribution is 1.61. The van der Waals surface area contributed by atoms with Gasteiger partial charge in [0.1, 0.15) is 12.2 Å². The molecule has 2 heteroatoms. The van der Waals surface area contributed by atoms with Crippen molar-refractivity contribution in [3.63, 3.8) is 0 Å². The molecule has 3 aromatic carbocycles. The fraction of sp³-hybridized carbons (Fsp3) is 0. The predicted octanol–water partition coefficient (Wildman–Crippen LogP) is 4.31. The van der Waals surface area contributed by atoms with Gasteiger partial charge in [-0.25, -0.2) is 0 Å². The third kappa shape index (κ3) is 2.93.